The summed E-state index contributed by atoms with van der Waals surface area (Å²) in [4.78, 5) is 24.0. The summed E-state index contributed by atoms with van der Waals surface area (Å²) in [5, 5.41) is -0.664. The summed E-state index contributed by atoms with van der Waals surface area (Å²) in [6, 6.07) is 0. The summed E-state index contributed by atoms with van der Waals surface area (Å²) in [7, 11) is 1.37. The van der Waals surface area contributed by atoms with Crippen LogP contribution in [0.4, 0.5) is 0 Å². The van der Waals surface area contributed by atoms with Gasteiger partial charge in [-0.25, -0.2) is 0 Å². The van der Waals surface area contributed by atoms with E-state index < -0.39 is 0 Å². The Kier molecular flexibility index (Phi) is 3.32. The summed E-state index contributed by atoms with van der Waals surface area (Å²) in [5.74, 6) is -0.576. The largest absolute Gasteiger partial charge is 0.493 e. The second-order valence-corrected chi connectivity index (χ2v) is 5.32. The molecule has 0 aliphatic heterocycles. The van der Waals surface area contributed by atoms with Crippen LogP contribution in [0.1, 0.15) is 13.3 Å². The highest BCUT2D eigenvalue weighted by atomic mass is 35.5. The van der Waals surface area contributed by atoms with Gasteiger partial charge in [-0.3, -0.25) is 9.59 Å². The first-order valence-electron chi connectivity index (χ1n) is 5.33. The van der Waals surface area contributed by atoms with E-state index in [1.807, 2.05) is 6.92 Å². The maximum absolute atomic E-state index is 12.0. The SMILES string of the molecule is COC1=CC(=O)C2=C(C[C@H](Cl)[C@@H](Cl)C2C)C1=O. The van der Waals surface area contributed by atoms with Gasteiger partial charge in [-0.2, -0.15) is 0 Å². The lowest BCUT2D eigenvalue weighted by atomic mass is 9.77. The molecule has 0 saturated heterocycles. The van der Waals surface area contributed by atoms with Crippen molar-refractivity contribution in [2.45, 2.75) is 24.1 Å². The Morgan fingerprint density at radius 2 is 2.00 bits per heavy atom. The molecule has 3 atom stereocenters. The predicted octanol–water partition coefficient (Wildman–Crippen LogP) is 2.22. The van der Waals surface area contributed by atoms with E-state index in [9.17, 15) is 9.59 Å². The Bertz CT molecular complexity index is 451. The molecule has 0 amide bonds. The molecule has 0 radical (unpaired) electrons. The van der Waals surface area contributed by atoms with E-state index >= 15 is 0 Å². The third kappa shape index (κ3) is 1.91. The first-order valence-corrected chi connectivity index (χ1v) is 6.20. The number of hydrogen-bond donors (Lipinski definition) is 0. The molecule has 0 spiro atoms. The summed E-state index contributed by atoms with van der Waals surface area (Å²) < 4.78 is 4.90. The molecule has 0 bridgehead atoms. The van der Waals surface area contributed by atoms with Crippen LogP contribution in [0.15, 0.2) is 23.0 Å². The number of Topliss-reactive ketones (excluding diaryl/α,β-unsaturated/α-hetero) is 1. The van der Waals surface area contributed by atoms with Crippen molar-refractivity contribution in [1.82, 2.24) is 0 Å². The highest BCUT2D eigenvalue weighted by Crippen LogP contribution is 2.40. The lowest BCUT2D eigenvalue weighted by molar-refractivity contribution is -0.118. The van der Waals surface area contributed by atoms with Crippen LogP contribution in [0, 0.1) is 5.92 Å². The molecule has 0 fully saturated rings. The molecule has 92 valence electrons. The van der Waals surface area contributed by atoms with Crippen molar-refractivity contribution in [3.05, 3.63) is 23.0 Å². The molecule has 17 heavy (non-hydrogen) atoms. The molecule has 2 aliphatic carbocycles. The summed E-state index contributed by atoms with van der Waals surface area (Å²) in [6.45, 7) is 1.82. The molecular weight excluding hydrogens is 263 g/mol. The van der Waals surface area contributed by atoms with E-state index in [0.29, 0.717) is 17.6 Å². The number of allylic oxidation sites excluding steroid dienone is 3. The smallest absolute Gasteiger partial charge is 0.224 e. The van der Waals surface area contributed by atoms with Crippen LogP contribution >= 0.6 is 23.2 Å². The minimum Gasteiger partial charge on any atom is -0.493 e. The number of methoxy groups -OCH3 is 1. The van der Waals surface area contributed by atoms with Gasteiger partial charge in [0.1, 0.15) is 0 Å². The van der Waals surface area contributed by atoms with E-state index in [-0.39, 0.29) is 34.0 Å². The van der Waals surface area contributed by atoms with Crippen LogP contribution in [0.25, 0.3) is 0 Å². The zero-order valence-corrected chi connectivity index (χ0v) is 11.0. The van der Waals surface area contributed by atoms with Crippen LogP contribution in [0.2, 0.25) is 0 Å². The van der Waals surface area contributed by atoms with Gasteiger partial charge in [-0.05, 0) is 6.42 Å². The molecule has 5 heteroatoms. The van der Waals surface area contributed by atoms with Gasteiger partial charge in [0.15, 0.2) is 11.5 Å². The fraction of sp³-hybridized carbons (Fsp3) is 0.500. The third-order valence-corrected chi connectivity index (χ3v) is 4.49. The topological polar surface area (TPSA) is 43.4 Å². The van der Waals surface area contributed by atoms with Crippen LogP contribution in [-0.4, -0.2) is 29.4 Å². The first-order chi connectivity index (χ1) is 7.97. The van der Waals surface area contributed by atoms with Gasteiger partial charge in [0, 0.05) is 23.1 Å². The monoisotopic (exact) mass is 274 g/mol. The van der Waals surface area contributed by atoms with Gasteiger partial charge in [-0.15, -0.1) is 23.2 Å². The zero-order valence-electron chi connectivity index (χ0n) is 9.50. The van der Waals surface area contributed by atoms with Gasteiger partial charge in [0.25, 0.3) is 0 Å². The Balaban J connectivity index is 2.48. The molecule has 0 aromatic rings. The number of hydrogen-bond acceptors (Lipinski definition) is 3. The van der Waals surface area contributed by atoms with E-state index in [4.69, 9.17) is 27.9 Å². The second kappa shape index (κ2) is 4.46. The Hall–Kier alpha value is -0.800. The number of carbonyl (C=O) groups excluding carboxylic acids is 2. The molecule has 0 N–H and O–H groups in total. The fourth-order valence-electron chi connectivity index (χ4n) is 2.32. The number of ether oxygens (including phenoxy) is 1. The van der Waals surface area contributed by atoms with Crippen molar-refractivity contribution in [3.63, 3.8) is 0 Å². The summed E-state index contributed by atoms with van der Waals surface area (Å²) >= 11 is 12.2. The van der Waals surface area contributed by atoms with E-state index in [0.717, 1.165) is 0 Å². The quantitative estimate of drug-likeness (QED) is 0.544. The van der Waals surface area contributed by atoms with Crippen molar-refractivity contribution in [1.29, 1.82) is 0 Å². The normalized spacial score (nSPS) is 33.4. The van der Waals surface area contributed by atoms with Crippen LogP contribution in [-0.2, 0) is 14.3 Å². The highest BCUT2D eigenvalue weighted by Gasteiger charge is 2.41. The Morgan fingerprint density at radius 1 is 1.35 bits per heavy atom. The van der Waals surface area contributed by atoms with E-state index in [1.165, 1.54) is 13.2 Å². The van der Waals surface area contributed by atoms with Crippen molar-refractivity contribution < 1.29 is 14.3 Å². The number of halogens is 2. The molecule has 2 rings (SSSR count). The predicted molar refractivity (Wildman–Crippen MR) is 65.2 cm³/mol. The number of rotatable bonds is 1. The Labute approximate surface area is 109 Å². The maximum atomic E-state index is 12.0. The lowest BCUT2D eigenvalue weighted by Crippen LogP contribution is -2.37. The van der Waals surface area contributed by atoms with Crippen LogP contribution < -0.4 is 0 Å². The average molecular weight is 275 g/mol. The summed E-state index contributed by atoms with van der Waals surface area (Å²) in [6.07, 6.45) is 1.55. The fourth-order valence-corrected chi connectivity index (χ4v) is 2.90. The van der Waals surface area contributed by atoms with Crippen molar-refractivity contribution >= 4 is 34.8 Å². The van der Waals surface area contributed by atoms with Crippen molar-refractivity contribution in [3.8, 4) is 0 Å². The number of carbonyl (C=O) groups is 2. The van der Waals surface area contributed by atoms with Gasteiger partial charge >= 0.3 is 0 Å². The molecule has 3 nitrogen and oxygen atoms in total. The number of alkyl halides is 2. The first kappa shape index (κ1) is 12.7. The maximum Gasteiger partial charge on any atom is 0.224 e. The van der Waals surface area contributed by atoms with Gasteiger partial charge in [-0.1, -0.05) is 6.92 Å². The third-order valence-electron chi connectivity index (χ3n) is 3.25. The minimum atomic E-state index is -0.335. The molecule has 0 heterocycles. The summed E-state index contributed by atoms with van der Waals surface area (Å²) in [5.41, 5.74) is 0.950. The van der Waals surface area contributed by atoms with Crippen molar-refractivity contribution in [2.75, 3.05) is 7.11 Å². The number of ketones is 2. The Morgan fingerprint density at radius 3 is 2.59 bits per heavy atom. The zero-order chi connectivity index (χ0) is 12.7. The van der Waals surface area contributed by atoms with E-state index in [2.05, 4.69) is 0 Å². The second-order valence-electron chi connectivity index (χ2n) is 4.25. The van der Waals surface area contributed by atoms with E-state index in [1.54, 1.807) is 0 Å². The molecule has 1 unspecified atom stereocenters. The van der Waals surface area contributed by atoms with Gasteiger partial charge < -0.3 is 4.74 Å². The van der Waals surface area contributed by atoms with Crippen LogP contribution in [0.3, 0.4) is 0 Å². The molecule has 2 aliphatic rings. The standard InChI is InChI=1S/C12H12Cl2O3/c1-5-10-6(3-7(13)11(5)14)12(16)9(17-2)4-8(10)15/h4-5,7,11H,3H2,1-2H3/t5?,7-,11-/m0/s1. The van der Waals surface area contributed by atoms with Crippen molar-refractivity contribution in [2.24, 2.45) is 5.92 Å². The van der Waals surface area contributed by atoms with Crippen LogP contribution in [0.5, 0.6) is 0 Å². The average Bonchev–Trinajstić information content (AvgIpc) is 2.30. The highest BCUT2D eigenvalue weighted by molar-refractivity contribution is 6.32. The van der Waals surface area contributed by atoms with Gasteiger partial charge in [0.05, 0.1) is 17.9 Å². The molecular formula is C12H12Cl2O3. The molecule has 0 aromatic carbocycles. The minimum absolute atomic E-state index is 0.0813. The molecule has 0 aromatic heterocycles. The van der Waals surface area contributed by atoms with Gasteiger partial charge in [0.2, 0.25) is 5.78 Å². The lowest BCUT2D eigenvalue weighted by Gasteiger charge is -2.33. The molecule has 0 saturated carbocycles.